The van der Waals surface area contributed by atoms with Crippen LogP contribution in [0.1, 0.15) is 22.3 Å². The lowest BCUT2D eigenvalue weighted by atomic mass is 9.80. The van der Waals surface area contributed by atoms with Crippen LogP contribution in [-0.4, -0.2) is 43.9 Å². The lowest BCUT2D eigenvalue weighted by Gasteiger charge is -2.20. The normalized spacial score (nSPS) is 24.4. The van der Waals surface area contributed by atoms with Crippen molar-refractivity contribution >= 4 is 17.5 Å². The first-order valence-electron chi connectivity index (χ1n) is 6.43. The minimum atomic E-state index is -0.488. The Bertz CT molecular complexity index is 560. The van der Waals surface area contributed by atoms with Crippen molar-refractivity contribution in [2.75, 3.05) is 32.5 Å². The SMILES string of the molecule is CN(C)C(=O)c1ccc2c(c1)C1(CCNC1)C(=O)N2. The van der Waals surface area contributed by atoms with Gasteiger partial charge in [-0.3, -0.25) is 9.59 Å². The number of hydrogen-bond acceptors (Lipinski definition) is 3. The third kappa shape index (κ3) is 1.65. The van der Waals surface area contributed by atoms with Crippen molar-refractivity contribution in [2.45, 2.75) is 11.8 Å². The van der Waals surface area contributed by atoms with Crippen LogP contribution in [0.15, 0.2) is 18.2 Å². The van der Waals surface area contributed by atoms with Crippen LogP contribution >= 0.6 is 0 Å². The molecule has 5 heteroatoms. The second kappa shape index (κ2) is 4.06. The molecule has 0 aromatic heterocycles. The Morgan fingerprint density at radius 1 is 1.37 bits per heavy atom. The van der Waals surface area contributed by atoms with Gasteiger partial charge in [-0.2, -0.15) is 0 Å². The second-order valence-corrected chi connectivity index (χ2v) is 5.42. The highest BCUT2D eigenvalue weighted by atomic mass is 16.2. The summed E-state index contributed by atoms with van der Waals surface area (Å²) in [5.41, 5.74) is 1.93. The van der Waals surface area contributed by atoms with E-state index >= 15 is 0 Å². The molecule has 1 spiro atoms. The molecule has 0 aliphatic carbocycles. The molecular weight excluding hydrogens is 242 g/mol. The molecule has 1 aromatic rings. The number of anilines is 1. The van der Waals surface area contributed by atoms with Gasteiger partial charge in [-0.1, -0.05) is 0 Å². The van der Waals surface area contributed by atoms with Gasteiger partial charge < -0.3 is 15.5 Å². The Balaban J connectivity index is 2.08. The quantitative estimate of drug-likeness (QED) is 0.775. The Hall–Kier alpha value is -1.88. The number of rotatable bonds is 1. The van der Waals surface area contributed by atoms with Crippen molar-refractivity contribution in [3.8, 4) is 0 Å². The van der Waals surface area contributed by atoms with Crippen molar-refractivity contribution in [2.24, 2.45) is 0 Å². The Morgan fingerprint density at radius 2 is 2.16 bits per heavy atom. The number of benzene rings is 1. The van der Waals surface area contributed by atoms with E-state index < -0.39 is 5.41 Å². The molecule has 2 N–H and O–H groups in total. The average molecular weight is 259 g/mol. The third-order valence-electron chi connectivity index (χ3n) is 4.03. The fraction of sp³-hybridized carbons (Fsp3) is 0.429. The molecule has 0 radical (unpaired) electrons. The molecule has 2 aliphatic rings. The minimum absolute atomic E-state index is 0.0387. The standard InChI is InChI=1S/C14H17N3O2/c1-17(2)12(18)9-3-4-11-10(7-9)14(13(19)16-11)5-6-15-8-14/h3-4,7,15H,5-6,8H2,1-2H3,(H,16,19). The maximum Gasteiger partial charge on any atom is 0.253 e. The van der Waals surface area contributed by atoms with Gasteiger partial charge in [-0.15, -0.1) is 0 Å². The van der Waals surface area contributed by atoms with Gasteiger partial charge in [-0.05, 0) is 36.7 Å². The van der Waals surface area contributed by atoms with Gasteiger partial charge in [0, 0.05) is 31.9 Å². The summed E-state index contributed by atoms with van der Waals surface area (Å²) >= 11 is 0. The fourth-order valence-corrected chi connectivity index (χ4v) is 2.92. The summed E-state index contributed by atoms with van der Waals surface area (Å²) in [6, 6.07) is 5.46. The van der Waals surface area contributed by atoms with Gasteiger partial charge in [-0.25, -0.2) is 0 Å². The number of nitrogens with zero attached hydrogens (tertiary/aromatic N) is 1. The van der Waals surface area contributed by atoms with Crippen LogP contribution < -0.4 is 10.6 Å². The smallest absolute Gasteiger partial charge is 0.253 e. The summed E-state index contributed by atoms with van der Waals surface area (Å²) in [5, 5.41) is 6.16. The molecule has 1 atom stereocenters. The van der Waals surface area contributed by atoms with Crippen molar-refractivity contribution < 1.29 is 9.59 Å². The molecule has 2 amide bonds. The summed E-state index contributed by atoms with van der Waals surface area (Å²) in [4.78, 5) is 25.8. The van der Waals surface area contributed by atoms with Gasteiger partial charge in [0.15, 0.2) is 0 Å². The molecule has 1 unspecified atom stereocenters. The van der Waals surface area contributed by atoms with E-state index in [0.29, 0.717) is 12.1 Å². The Kier molecular flexibility index (Phi) is 2.60. The summed E-state index contributed by atoms with van der Waals surface area (Å²) < 4.78 is 0. The topological polar surface area (TPSA) is 61.4 Å². The molecule has 5 nitrogen and oxygen atoms in total. The fourth-order valence-electron chi connectivity index (χ4n) is 2.92. The van der Waals surface area contributed by atoms with E-state index in [1.807, 2.05) is 12.1 Å². The van der Waals surface area contributed by atoms with Gasteiger partial charge in [0.25, 0.3) is 5.91 Å². The number of hydrogen-bond donors (Lipinski definition) is 2. The molecule has 100 valence electrons. The number of amides is 2. The van der Waals surface area contributed by atoms with Crippen LogP contribution in [0.3, 0.4) is 0 Å². The lowest BCUT2D eigenvalue weighted by molar-refractivity contribution is -0.120. The first kappa shape index (κ1) is 12.2. The molecule has 19 heavy (non-hydrogen) atoms. The zero-order valence-electron chi connectivity index (χ0n) is 11.1. The first-order chi connectivity index (χ1) is 9.04. The highest BCUT2D eigenvalue weighted by Crippen LogP contribution is 2.42. The van der Waals surface area contributed by atoms with E-state index in [4.69, 9.17) is 0 Å². The van der Waals surface area contributed by atoms with E-state index in [2.05, 4.69) is 10.6 Å². The number of carbonyl (C=O) groups is 2. The van der Waals surface area contributed by atoms with E-state index in [1.165, 1.54) is 0 Å². The molecule has 1 saturated heterocycles. The summed E-state index contributed by atoms with van der Waals surface area (Å²) in [5.74, 6) is 0.00482. The molecule has 0 bridgehead atoms. The van der Waals surface area contributed by atoms with Gasteiger partial charge in [0.2, 0.25) is 5.91 Å². The Labute approximate surface area is 112 Å². The molecule has 2 aliphatic heterocycles. The van der Waals surface area contributed by atoms with Crippen molar-refractivity contribution in [3.63, 3.8) is 0 Å². The highest BCUT2D eigenvalue weighted by molar-refractivity contribution is 6.08. The van der Waals surface area contributed by atoms with E-state index in [1.54, 1.807) is 25.1 Å². The zero-order valence-corrected chi connectivity index (χ0v) is 11.1. The van der Waals surface area contributed by atoms with E-state index in [-0.39, 0.29) is 11.8 Å². The largest absolute Gasteiger partial charge is 0.345 e. The predicted molar refractivity (Wildman–Crippen MR) is 72.3 cm³/mol. The van der Waals surface area contributed by atoms with Crippen LogP contribution in [0, 0.1) is 0 Å². The maximum absolute atomic E-state index is 12.2. The molecule has 2 heterocycles. The highest BCUT2D eigenvalue weighted by Gasteiger charge is 2.48. The predicted octanol–water partition coefficient (Wildman–Crippen LogP) is 0.572. The number of nitrogens with one attached hydrogen (secondary N) is 2. The van der Waals surface area contributed by atoms with E-state index in [9.17, 15) is 9.59 Å². The van der Waals surface area contributed by atoms with Gasteiger partial charge in [0.1, 0.15) is 0 Å². The van der Waals surface area contributed by atoms with Gasteiger partial charge in [0.05, 0.1) is 5.41 Å². The van der Waals surface area contributed by atoms with E-state index in [0.717, 1.165) is 24.2 Å². The summed E-state index contributed by atoms with van der Waals surface area (Å²) in [6.45, 7) is 1.48. The third-order valence-corrected chi connectivity index (χ3v) is 4.03. The molecule has 3 rings (SSSR count). The van der Waals surface area contributed by atoms with Crippen molar-refractivity contribution in [3.05, 3.63) is 29.3 Å². The average Bonchev–Trinajstić information content (AvgIpc) is 2.97. The Morgan fingerprint density at radius 3 is 2.79 bits per heavy atom. The molecule has 1 fully saturated rings. The van der Waals surface area contributed by atoms with Crippen molar-refractivity contribution in [1.29, 1.82) is 0 Å². The van der Waals surface area contributed by atoms with Crippen LogP contribution in [0.5, 0.6) is 0 Å². The van der Waals surface area contributed by atoms with Crippen LogP contribution in [0.25, 0.3) is 0 Å². The van der Waals surface area contributed by atoms with Gasteiger partial charge >= 0.3 is 0 Å². The monoisotopic (exact) mass is 259 g/mol. The zero-order chi connectivity index (χ0) is 13.6. The number of fused-ring (bicyclic) bond motifs is 2. The first-order valence-corrected chi connectivity index (χ1v) is 6.43. The van der Waals surface area contributed by atoms with Crippen LogP contribution in [-0.2, 0) is 10.2 Å². The molecular formula is C14H17N3O2. The number of carbonyl (C=O) groups excluding carboxylic acids is 2. The van der Waals surface area contributed by atoms with Crippen LogP contribution in [0.2, 0.25) is 0 Å². The second-order valence-electron chi connectivity index (χ2n) is 5.42. The minimum Gasteiger partial charge on any atom is -0.345 e. The summed E-state index contributed by atoms with van der Waals surface area (Å²) in [7, 11) is 3.46. The van der Waals surface area contributed by atoms with Crippen LogP contribution in [0.4, 0.5) is 5.69 Å². The molecule has 0 saturated carbocycles. The summed E-state index contributed by atoms with van der Waals surface area (Å²) in [6.07, 6.45) is 0.783. The van der Waals surface area contributed by atoms with Crippen molar-refractivity contribution in [1.82, 2.24) is 10.2 Å². The molecule has 1 aromatic carbocycles. The maximum atomic E-state index is 12.2. The lowest BCUT2D eigenvalue weighted by Crippen LogP contribution is -2.36.